The van der Waals surface area contributed by atoms with Crippen LogP contribution in [0.4, 0.5) is 11.5 Å². The average molecular weight is 308 g/mol. The summed E-state index contributed by atoms with van der Waals surface area (Å²) in [7, 11) is 1.84. The molecule has 2 heterocycles. The minimum atomic E-state index is -0.308. The number of aromatic nitrogens is 2. The zero-order chi connectivity index (χ0) is 16.3. The summed E-state index contributed by atoms with van der Waals surface area (Å²) in [6, 6.07) is 0. The minimum Gasteiger partial charge on any atom is -0.373 e. The Balaban J connectivity index is 2.03. The van der Waals surface area contributed by atoms with Crippen LogP contribution in [0.15, 0.2) is 16.1 Å². The Morgan fingerprint density at radius 1 is 1.55 bits per heavy atom. The van der Waals surface area contributed by atoms with Gasteiger partial charge in [0.15, 0.2) is 11.5 Å². The van der Waals surface area contributed by atoms with Gasteiger partial charge in [-0.3, -0.25) is 9.79 Å². The van der Waals surface area contributed by atoms with Crippen LogP contribution in [-0.4, -0.2) is 48.3 Å². The summed E-state index contributed by atoms with van der Waals surface area (Å²) in [5.74, 6) is 0.473. The molecule has 1 saturated heterocycles. The van der Waals surface area contributed by atoms with Gasteiger partial charge >= 0.3 is 0 Å². The lowest BCUT2D eigenvalue weighted by atomic mass is 10.2. The van der Waals surface area contributed by atoms with Gasteiger partial charge in [-0.25, -0.2) is 4.98 Å². The number of nitrogens with one attached hydrogen (secondary N) is 1. The molecule has 0 bridgehead atoms. The molecule has 0 aliphatic carbocycles. The minimum absolute atomic E-state index is 0.0498. The van der Waals surface area contributed by atoms with E-state index in [4.69, 9.17) is 9.47 Å². The molecule has 1 N–H and O–H groups in total. The highest BCUT2D eigenvalue weighted by atomic mass is 16.6. The molecule has 0 radical (unpaired) electrons. The molecule has 7 heteroatoms. The van der Waals surface area contributed by atoms with E-state index in [9.17, 15) is 4.79 Å². The van der Waals surface area contributed by atoms with Gasteiger partial charge in [-0.1, -0.05) is 0 Å². The Morgan fingerprint density at radius 2 is 2.27 bits per heavy atom. The van der Waals surface area contributed by atoms with Gasteiger partial charge in [0.05, 0.1) is 24.6 Å². The van der Waals surface area contributed by atoms with Crippen LogP contribution in [0.2, 0.25) is 0 Å². The van der Waals surface area contributed by atoms with E-state index in [1.807, 2.05) is 32.7 Å². The molecule has 0 aromatic carbocycles. The molecule has 1 aliphatic rings. The van der Waals surface area contributed by atoms with Gasteiger partial charge in [-0.15, -0.1) is 0 Å². The molecule has 2 rings (SSSR count). The van der Waals surface area contributed by atoms with Crippen LogP contribution < -0.4 is 10.5 Å². The quantitative estimate of drug-likeness (QED) is 0.840. The summed E-state index contributed by atoms with van der Waals surface area (Å²) < 4.78 is 11.8. The van der Waals surface area contributed by atoms with Crippen molar-refractivity contribution in [2.75, 3.05) is 18.6 Å². The highest BCUT2D eigenvalue weighted by Gasteiger charge is 2.31. The normalized spacial score (nSPS) is 21.8. The van der Waals surface area contributed by atoms with Crippen molar-refractivity contribution in [2.45, 2.75) is 51.5 Å². The lowest BCUT2D eigenvalue weighted by Crippen LogP contribution is -2.34. The number of anilines is 1. The lowest BCUT2D eigenvalue weighted by Gasteiger charge is -2.27. The summed E-state index contributed by atoms with van der Waals surface area (Å²) in [6.45, 7) is 10.1. The largest absolute Gasteiger partial charge is 0.373 e. The number of ether oxygens (including phenoxy) is 2. The van der Waals surface area contributed by atoms with Crippen LogP contribution >= 0.6 is 0 Å². The van der Waals surface area contributed by atoms with Crippen molar-refractivity contribution in [1.29, 1.82) is 0 Å². The van der Waals surface area contributed by atoms with Crippen molar-refractivity contribution in [1.82, 2.24) is 9.97 Å². The fourth-order valence-electron chi connectivity index (χ4n) is 2.36. The smallest absolute Gasteiger partial charge is 0.278 e. The van der Waals surface area contributed by atoms with Crippen molar-refractivity contribution in [3.8, 4) is 0 Å². The molecule has 22 heavy (non-hydrogen) atoms. The van der Waals surface area contributed by atoms with E-state index in [1.54, 1.807) is 0 Å². The fourth-order valence-corrected chi connectivity index (χ4v) is 2.36. The molecular weight excluding hydrogens is 284 g/mol. The molecule has 1 aliphatic heterocycles. The number of nitrogens with zero attached hydrogens (tertiary/aromatic N) is 3. The third kappa shape index (κ3) is 3.92. The van der Waals surface area contributed by atoms with Crippen LogP contribution in [0.3, 0.4) is 0 Å². The van der Waals surface area contributed by atoms with E-state index in [0.29, 0.717) is 12.4 Å². The summed E-state index contributed by atoms with van der Waals surface area (Å²) in [5.41, 5.74) is -0.276. The number of H-pyrrole nitrogens is 1. The third-order valence-electron chi connectivity index (χ3n) is 3.52. The van der Waals surface area contributed by atoms with E-state index < -0.39 is 0 Å². The third-order valence-corrected chi connectivity index (χ3v) is 3.52. The van der Waals surface area contributed by atoms with E-state index in [2.05, 4.69) is 21.7 Å². The topological polar surface area (TPSA) is 79.8 Å². The fraction of sp³-hybridized carbons (Fsp3) is 0.667. The van der Waals surface area contributed by atoms with Gasteiger partial charge in [0.25, 0.3) is 5.56 Å². The molecule has 7 nitrogen and oxygen atoms in total. The van der Waals surface area contributed by atoms with Crippen LogP contribution in [-0.2, 0) is 9.47 Å². The molecule has 122 valence electrons. The van der Waals surface area contributed by atoms with Gasteiger partial charge in [0, 0.05) is 7.05 Å². The summed E-state index contributed by atoms with van der Waals surface area (Å²) in [4.78, 5) is 24.0. The zero-order valence-corrected chi connectivity index (χ0v) is 13.6. The second-order valence-electron chi connectivity index (χ2n) is 6.39. The number of hydrogen-bond donors (Lipinski definition) is 1. The maximum Gasteiger partial charge on any atom is 0.278 e. The summed E-state index contributed by atoms with van der Waals surface area (Å²) in [6.07, 6.45) is 3.01. The SMILES string of the molecule is C=Nc1c(N(C)[C@H]2CC[C@@H](COC(C)(C)C)O2)nc[nH]c1=O. The van der Waals surface area contributed by atoms with Gasteiger partial charge < -0.3 is 19.4 Å². The van der Waals surface area contributed by atoms with Crippen LogP contribution in [0, 0.1) is 0 Å². The average Bonchev–Trinajstić information content (AvgIpc) is 2.92. The van der Waals surface area contributed by atoms with Gasteiger partial charge in [-0.05, 0) is 40.3 Å². The first-order chi connectivity index (χ1) is 10.3. The lowest BCUT2D eigenvalue weighted by molar-refractivity contribution is -0.0688. The summed E-state index contributed by atoms with van der Waals surface area (Å²) >= 11 is 0. The second kappa shape index (κ2) is 6.58. The van der Waals surface area contributed by atoms with Crippen molar-refractivity contribution >= 4 is 18.2 Å². The molecule has 0 saturated carbocycles. The Morgan fingerprint density at radius 3 is 2.91 bits per heavy atom. The molecule has 1 fully saturated rings. The number of aromatic amines is 1. The Labute approximate surface area is 130 Å². The van der Waals surface area contributed by atoms with Gasteiger partial charge in [0.1, 0.15) is 6.23 Å². The maximum atomic E-state index is 11.8. The standard InChI is InChI=1S/C15H24N4O3/c1-15(2,3)21-8-10-6-7-11(22-10)19(5)13-12(16-4)14(20)18-9-17-13/h9-11H,4,6-8H2,1-3,5H3,(H,17,18,20)/t10-,11+/m0/s1. The molecular formula is C15H24N4O3. The van der Waals surface area contributed by atoms with E-state index >= 15 is 0 Å². The van der Waals surface area contributed by atoms with Crippen molar-refractivity contribution < 1.29 is 9.47 Å². The van der Waals surface area contributed by atoms with Crippen LogP contribution in [0.25, 0.3) is 0 Å². The number of aliphatic imine (C=N–C) groups is 1. The van der Waals surface area contributed by atoms with Crippen molar-refractivity contribution in [2.24, 2.45) is 4.99 Å². The van der Waals surface area contributed by atoms with Crippen molar-refractivity contribution in [3.05, 3.63) is 16.7 Å². The summed E-state index contributed by atoms with van der Waals surface area (Å²) in [5, 5.41) is 0. The highest BCUT2D eigenvalue weighted by molar-refractivity contribution is 5.63. The van der Waals surface area contributed by atoms with E-state index in [1.165, 1.54) is 6.33 Å². The first-order valence-electron chi connectivity index (χ1n) is 7.38. The molecule has 1 aromatic heterocycles. The molecule has 1 aromatic rings. The van der Waals surface area contributed by atoms with E-state index in [0.717, 1.165) is 12.8 Å². The Kier molecular flexibility index (Phi) is 4.97. The van der Waals surface area contributed by atoms with Crippen molar-refractivity contribution in [3.63, 3.8) is 0 Å². The maximum absolute atomic E-state index is 11.8. The van der Waals surface area contributed by atoms with Crippen LogP contribution in [0.5, 0.6) is 0 Å². The number of rotatable bonds is 5. The van der Waals surface area contributed by atoms with Crippen LogP contribution in [0.1, 0.15) is 33.6 Å². The van der Waals surface area contributed by atoms with Gasteiger partial charge in [0.2, 0.25) is 0 Å². The van der Waals surface area contributed by atoms with E-state index in [-0.39, 0.29) is 29.2 Å². The number of hydrogen-bond acceptors (Lipinski definition) is 6. The first kappa shape index (κ1) is 16.6. The monoisotopic (exact) mass is 308 g/mol. The first-order valence-corrected chi connectivity index (χ1v) is 7.38. The molecule has 0 spiro atoms. The Hall–Kier alpha value is -1.73. The second-order valence-corrected chi connectivity index (χ2v) is 6.39. The predicted octanol–water partition coefficient (Wildman–Crippen LogP) is 1.86. The Bertz CT molecular complexity index is 579. The molecule has 2 atom stereocenters. The molecule has 0 amide bonds. The highest BCUT2D eigenvalue weighted by Crippen LogP contribution is 2.29. The zero-order valence-electron chi connectivity index (χ0n) is 13.6. The predicted molar refractivity (Wildman–Crippen MR) is 86.1 cm³/mol. The van der Waals surface area contributed by atoms with Gasteiger partial charge in [-0.2, -0.15) is 0 Å². The molecule has 0 unspecified atom stereocenters.